The van der Waals surface area contributed by atoms with Crippen molar-refractivity contribution < 1.29 is 4.42 Å². The van der Waals surface area contributed by atoms with Crippen LogP contribution in [-0.2, 0) is 10.8 Å². The maximum atomic E-state index is 7.67. The van der Waals surface area contributed by atoms with E-state index in [0.29, 0.717) is 0 Å². The number of nitrogens with zero attached hydrogens (tertiary/aromatic N) is 2. The van der Waals surface area contributed by atoms with Crippen molar-refractivity contribution in [1.82, 2.24) is 0 Å². The van der Waals surface area contributed by atoms with Gasteiger partial charge in [-0.2, -0.15) is 0 Å². The summed E-state index contributed by atoms with van der Waals surface area (Å²) in [5.41, 5.74) is 27.3. The number of furan rings is 1. The van der Waals surface area contributed by atoms with Gasteiger partial charge in [0.15, 0.2) is 11.2 Å². The summed E-state index contributed by atoms with van der Waals surface area (Å²) in [4.78, 5) is 4.90. The first-order valence-electron chi connectivity index (χ1n) is 27.5. The summed E-state index contributed by atoms with van der Waals surface area (Å²) in [7, 11) is 0. The third kappa shape index (κ3) is 6.48. The second kappa shape index (κ2) is 17.3. The van der Waals surface area contributed by atoms with Gasteiger partial charge in [0.25, 0.3) is 0 Å². The van der Waals surface area contributed by atoms with Gasteiger partial charge in [0, 0.05) is 38.7 Å². The van der Waals surface area contributed by atoms with Crippen LogP contribution in [0.15, 0.2) is 283 Å². The zero-order valence-electron chi connectivity index (χ0n) is 43.9. The van der Waals surface area contributed by atoms with Crippen LogP contribution in [0.2, 0.25) is 0 Å². The Morgan fingerprint density at radius 1 is 0.266 bits per heavy atom. The highest BCUT2D eigenvalue weighted by Crippen LogP contribution is 2.65. The van der Waals surface area contributed by atoms with Crippen molar-refractivity contribution in [2.45, 2.75) is 24.7 Å². The Bertz CT molecular complexity index is 4520. The average Bonchev–Trinajstić information content (AvgIpc) is 2.58. The number of benzene rings is 12. The number of rotatable bonds is 8. The van der Waals surface area contributed by atoms with E-state index in [0.717, 1.165) is 61.6 Å². The third-order valence-corrected chi connectivity index (χ3v) is 17.5. The molecule has 0 saturated heterocycles. The standard InChI is InChI=1S/C76H52N2O/c1-75(2)61-31-13-11-27-59(61)71-65(75)35-19-37-67(71)77(53-45-41-51(42-46-53)49-21-5-3-6-22-49)69-39-17-29-57-58-30-18-40-70(74(58)79-73(57)69)78(54-47-43-52(44-48-54)50-23-7-4-8-24-50)68-38-20-36-66-72(68)60-28-12-16-34-64(60)76(66)62-32-14-9-25-55(62)56-26-10-15-33-63(56)76/h3-48H,1-2H3. The molecule has 1 heterocycles. The number of fused-ring (bicyclic) bond motifs is 16. The minimum Gasteiger partial charge on any atom is -0.452 e. The Hall–Kier alpha value is -9.96. The molecule has 0 aliphatic heterocycles. The van der Waals surface area contributed by atoms with Gasteiger partial charge in [0.2, 0.25) is 0 Å². The second-order valence-electron chi connectivity index (χ2n) is 21.9. The SMILES string of the molecule is CC1(C)c2ccccc2-c2c(N(c3ccc(-c4ccccc4)cc3)c3cccc4c3oc3c(N(c5ccc(-c6ccccc6)cc5)c5cccc6c5-c5ccccc5C65c6ccccc6-c6ccccc65)cccc34)cccc21. The largest absolute Gasteiger partial charge is 0.452 e. The van der Waals surface area contributed by atoms with Crippen LogP contribution in [0, 0.1) is 0 Å². The molecule has 0 saturated carbocycles. The lowest BCUT2D eigenvalue weighted by molar-refractivity contribution is 0.660. The van der Waals surface area contributed by atoms with E-state index in [4.69, 9.17) is 4.42 Å². The van der Waals surface area contributed by atoms with E-state index in [1.165, 1.54) is 83.5 Å². The highest BCUT2D eigenvalue weighted by atomic mass is 16.3. The maximum absolute atomic E-state index is 7.67. The highest BCUT2D eigenvalue weighted by Gasteiger charge is 2.52. The molecule has 0 N–H and O–H groups in total. The third-order valence-electron chi connectivity index (χ3n) is 17.5. The molecule has 16 rings (SSSR count). The number of anilines is 6. The first-order valence-corrected chi connectivity index (χ1v) is 27.5. The lowest BCUT2D eigenvalue weighted by Gasteiger charge is -2.31. The van der Waals surface area contributed by atoms with Gasteiger partial charge in [-0.25, -0.2) is 0 Å². The van der Waals surface area contributed by atoms with Crippen LogP contribution in [-0.4, -0.2) is 0 Å². The normalized spacial score (nSPS) is 13.6. The molecule has 0 radical (unpaired) electrons. The van der Waals surface area contributed by atoms with Gasteiger partial charge < -0.3 is 14.2 Å². The molecular weight excluding hydrogens is 957 g/mol. The van der Waals surface area contributed by atoms with E-state index in [9.17, 15) is 0 Å². The van der Waals surface area contributed by atoms with E-state index >= 15 is 0 Å². The van der Waals surface area contributed by atoms with Crippen molar-refractivity contribution in [3.63, 3.8) is 0 Å². The predicted octanol–water partition coefficient (Wildman–Crippen LogP) is 20.5. The Labute approximate surface area is 460 Å². The van der Waals surface area contributed by atoms with Crippen molar-refractivity contribution in [2.75, 3.05) is 9.80 Å². The van der Waals surface area contributed by atoms with Crippen LogP contribution in [0.3, 0.4) is 0 Å². The summed E-state index contributed by atoms with van der Waals surface area (Å²) in [6.45, 7) is 4.71. The summed E-state index contributed by atoms with van der Waals surface area (Å²) in [5.74, 6) is 0. The maximum Gasteiger partial charge on any atom is 0.159 e. The van der Waals surface area contributed by atoms with Gasteiger partial charge >= 0.3 is 0 Å². The second-order valence-corrected chi connectivity index (χ2v) is 21.9. The molecule has 1 spiro atoms. The monoisotopic (exact) mass is 1010 g/mol. The molecule has 3 nitrogen and oxygen atoms in total. The van der Waals surface area contributed by atoms with Crippen LogP contribution < -0.4 is 9.80 Å². The molecule has 3 aliphatic rings. The molecular formula is C76H52N2O. The van der Waals surface area contributed by atoms with Gasteiger partial charge in [-0.1, -0.05) is 244 Å². The van der Waals surface area contributed by atoms with Crippen LogP contribution in [0.4, 0.5) is 34.1 Å². The van der Waals surface area contributed by atoms with Gasteiger partial charge in [-0.15, -0.1) is 0 Å². The molecule has 0 atom stereocenters. The molecule has 3 aliphatic carbocycles. The first-order chi connectivity index (χ1) is 39.0. The number of para-hydroxylation sites is 2. The first kappa shape index (κ1) is 45.3. The summed E-state index contributed by atoms with van der Waals surface area (Å²) in [6.07, 6.45) is 0. The van der Waals surface area contributed by atoms with Crippen LogP contribution in [0.1, 0.15) is 47.2 Å². The van der Waals surface area contributed by atoms with E-state index < -0.39 is 5.41 Å². The van der Waals surface area contributed by atoms with Gasteiger partial charge in [0.1, 0.15) is 0 Å². The zero-order chi connectivity index (χ0) is 52.4. The molecule has 0 bridgehead atoms. The predicted molar refractivity (Wildman–Crippen MR) is 328 cm³/mol. The molecule has 79 heavy (non-hydrogen) atoms. The van der Waals surface area contributed by atoms with E-state index in [-0.39, 0.29) is 5.41 Å². The minimum absolute atomic E-state index is 0.184. The lowest BCUT2D eigenvalue weighted by Crippen LogP contribution is -2.26. The molecule has 372 valence electrons. The van der Waals surface area contributed by atoms with Crippen molar-refractivity contribution in [2.24, 2.45) is 0 Å². The van der Waals surface area contributed by atoms with Gasteiger partial charge in [-0.05, 0) is 126 Å². The molecule has 1 aromatic heterocycles. The van der Waals surface area contributed by atoms with Crippen LogP contribution >= 0.6 is 0 Å². The molecule has 13 aromatic rings. The Balaban J connectivity index is 0.945. The van der Waals surface area contributed by atoms with Crippen LogP contribution in [0.25, 0.3) is 77.6 Å². The Morgan fingerprint density at radius 3 is 1.10 bits per heavy atom. The van der Waals surface area contributed by atoms with Crippen molar-refractivity contribution >= 4 is 56.1 Å². The Morgan fingerprint density at radius 2 is 0.608 bits per heavy atom. The topological polar surface area (TPSA) is 19.6 Å². The van der Waals surface area contributed by atoms with Crippen molar-refractivity contribution in [3.8, 4) is 55.6 Å². The lowest BCUT2D eigenvalue weighted by atomic mass is 9.70. The number of hydrogen-bond acceptors (Lipinski definition) is 3. The fourth-order valence-corrected chi connectivity index (χ4v) is 14.1. The molecule has 0 unspecified atom stereocenters. The summed E-state index contributed by atoms with van der Waals surface area (Å²) < 4.78 is 7.67. The van der Waals surface area contributed by atoms with Crippen LogP contribution in [0.5, 0.6) is 0 Å². The van der Waals surface area contributed by atoms with E-state index in [1.807, 2.05) is 0 Å². The zero-order valence-corrected chi connectivity index (χ0v) is 43.9. The summed E-state index contributed by atoms with van der Waals surface area (Å²) in [5, 5.41) is 2.10. The highest BCUT2D eigenvalue weighted by molar-refractivity contribution is 6.15. The van der Waals surface area contributed by atoms with E-state index in [1.54, 1.807) is 0 Å². The average molecular weight is 1010 g/mol. The fourth-order valence-electron chi connectivity index (χ4n) is 14.1. The van der Waals surface area contributed by atoms with Gasteiger partial charge in [0.05, 0.1) is 28.2 Å². The summed E-state index contributed by atoms with van der Waals surface area (Å²) >= 11 is 0. The van der Waals surface area contributed by atoms with Crippen molar-refractivity contribution in [1.29, 1.82) is 0 Å². The molecule has 12 aromatic carbocycles. The quantitative estimate of drug-likeness (QED) is 0.151. The number of hydrogen-bond donors (Lipinski definition) is 0. The van der Waals surface area contributed by atoms with E-state index in [2.05, 4.69) is 303 Å². The smallest absolute Gasteiger partial charge is 0.159 e. The summed E-state index contributed by atoms with van der Waals surface area (Å²) in [6, 6.07) is 103. The fraction of sp³-hybridized carbons (Fsp3) is 0.0526. The van der Waals surface area contributed by atoms with Gasteiger partial charge in [-0.3, -0.25) is 0 Å². The molecule has 0 fully saturated rings. The molecule has 3 heteroatoms. The molecule has 0 amide bonds. The Kier molecular flexibility index (Phi) is 9.90. The minimum atomic E-state index is -0.506. The van der Waals surface area contributed by atoms with Crippen molar-refractivity contribution in [3.05, 3.63) is 312 Å².